The van der Waals surface area contributed by atoms with Crippen molar-refractivity contribution in [2.45, 2.75) is 19.4 Å². The zero-order valence-corrected chi connectivity index (χ0v) is 8.61. The summed E-state index contributed by atoms with van der Waals surface area (Å²) >= 11 is 2.79. The molecule has 0 radical (unpaired) electrons. The standard InChI is InChI=1S/C9H9BrF2O/c1-5(13)4-6-2-3-7(11)8(10)9(6)12/h2-3,5,13H,4H2,1H3. The van der Waals surface area contributed by atoms with Gasteiger partial charge in [0.05, 0.1) is 10.6 Å². The van der Waals surface area contributed by atoms with Gasteiger partial charge in [-0.05, 0) is 34.5 Å². The topological polar surface area (TPSA) is 20.2 Å². The van der Waals surface area contributed by atoms with Crippen LogP contribution < -0.4 is 0 Å². The van der Waals surface area contributed by atoms with Gasteiger partial charge in [-0.1, -0.05) is 6.07 Å². The molecule has 1 atom stereocenters. The molecule has 13 heavy (non-hydrogen) atoms. The van der Waals surface area contributed by atoms with Crippen LogP contribution in [0.4, 0.5) is 8.78 Å². The molecule has 72 valence electrons. The molecular weight excluding hydrogens is 242 g/mol. The van der Waals surface area contributed by atoms with Gasteiger partial charge in [-0.3, -0.25) is 0 Å². The Balaban J connectivity index is 3.04. The first-order valence-electron chi connectivity index (χ1n) is 3.82. The van der Waals surface area contributed by atoms with Crippen molar-refractivity contribution in [2.75, 3.05) is 0 Å². The van der Waals surface area contributed by atoms with Crippen LogP contribution in [0.2, 0.25) is 0 Å². The zero-order valence-electron chi connectivity index (χ0n) is 7.02. The first-order chi connectivity index (χ1) is 6.02. The molecule has 0 aliphatic heterocycles. The molecule has 0 aromatic heterocycles. The van der Waals surface area contributed by atoms with Crippen LogP contribution in [-0.4, -0.2) is 11.2 Å². The Hall–Kier alpha value is -0.480. The van der Waals surface area contributed by atoms with Gasteiger partial charge in [-0.15, -0.1) is 0 Å². The van der Waals surface area contributed by atoms with Gasteiger partial charge in [0.2, 0.25) is 0 Å². The third-order valence-corrected chi connectivity index (χ3v) is 2.36. The van der Waals surface area contributed by atoms with E-state index in [0.717, 1.165) is 0 Å². The van der Waals surface area contributed by atoms with E-state index in [1.807, 2.05) is 0 Å². The average Bonchev–Trinajstić information content (AvgIpc) is 2.06. The first-order valence-corrected chi connectivity index (χ1v) is 4.62. The Morgan fingerprint density at radius 3 is 2.62 bits per heavy atom. The van der Waals surface area contributed by atoms with Crippen LogP contribution in [0.15, 0.2) is 16.6 Å². The van der Waals surface area contributed by atoms with E-state index in [9.17, 15) is 8.78 Å². The Labute approximate surface area is 83.5 Å². The van der Waals surface area contributed by atoms with E-state index in [-0.39, 0.29) is 10.9 Å². The van der Waals surface area contributed by atoms with Crippen LogP contribution in [0.25, 0.3) is 0 Å². The van der Waals surface area contributed by atoms with Crippen LogP contribution in [-0.2, 0) is 6.42 Å². The van der Waals surface area contributed by atoms with E-state index < -0.39 is 17.7 Å². The van der Waals surface area contributed by atoms with Gasteiger partial charge in [0.1, 0.15) is 11.6 Å². The molecular formula is C9H9BrF2O. The lowest BCUT2D eigenvalue weighted by Gasteiger charge is -2.07. The molecule has 0 heterocycles. The van der Waals surface area contributed by atoms with Crippen molar-refractivity contribution < 1.29 is 13.9 Å². The normalized spacial score (nSPS) is 13.0. The van der Waals surface area contributed by atoms with Gasteiger partial charge in [0, 0.05) is 6.42 Å². The first kappa shape index (κ1) is 10.6. The van der Waals surface area contributed by atoms with Gasteiger partial charge >= 0.3 is 0 Å². The molecule has 0 bridgehead atoms. The summed E-state index contributed by atoms with van der Waals surface area (Å²) in [6, 6.07) is 2.51. The summed E-state index contributed by atoms with van der Waals surface area (Å²) in [5.41, 5.74) is 0.309. The lowest BCUT2D eigenvalue weighted by molar-refractivity contribution is 0.194. The number of rotatable bonds is 2. The Morgan fingerprint density at radius 2 is 2.08 bits per heavy atom. The molecule has 1 rings (SSSR count). The molecule has 0 aliphatic carbocycles. The molecule has 0 aliphatic rings. The second kappa shape index (κ2) is 4.15. The second-order valence-corrected chi connectivity index (χ2v) is 3.68. The van der Waals surface area contributed by atoms with Crippen molar-refractivity contribution in [1.29, 1.82) is 0 Å². The highest BCUT2D eigenvalue weighted by atomic mass is 79.9. The van der Waals surface area contributed by atoms with Crippen LogP contribution in [0.3, 0.4) is 0 Å². The molecule has 4 heteroatoms. The monoisotopic (exact) mass is 250 g/mol. The van der Waals surface area contributed by atoms with Crippen LogP contribution in [0, 0.1) is 11.6 Å². The van der Waals surface area contributed by atoms with Crippen molar-refractivity contribution >= 4 is 15.9 Å². The minimum absolute atomic E-state index is 0.175. The average molecular weight is 251 g/mol. The molecule has 0 fully saturated rings. The molecule has 0 spiro atoms. The molecule has 0 saturated heterocycles. The van der Waals surface area contributed by atoms with Crippen LogP contribution >= 0.6 is 15.9 Å². The second-order valence-electron chi connectivity index (χ2n) is 2.89. The fraction of sp³-hybridized carbons (Fsp3) is 0.333. The van der Waals surface area contributed by atoms with Crippen molar-refractivity contribution in [3.8, 4) is 0 Å². The summed E-state index contributed by atoms with van der Waals surface area (Å²) in [6.07, 6.45) is -0.447. The summed E-state index contributed by atoms with van der Waals surface area (Å²) in [6.45, 7) is 1.55. The fourth-order valence-corrected chi connectivity index (χ4v) is 1.43. The third-order valence-electron chi connectivity index (χ3n) is 1.63. The fourth-order valence-electron chi connectivity index (χ4n) is 1.04. The number of aliphatic hydroxyl groups excluding tert-OH is 1. The summed E-state index contributed by atoms with van der Waals surface area (Å²) in [4.78, 5) is 0. The largest absolute Gasteiger partial charge is 0.393 e. The molecule has 1 aromatic rings. The number of hydrogen-bond acceptors (Lipinski definition) is 1. The predicted octanol–water partition coefficient (Wildman–Crippen LogP) is 2.65. The van der Waals surface area contributed by atoms with Crippen molar-refractivity contribution in [1.82, 2.24) is 0 Å². The number of hydrogen-bond donors (Lipinski definition) is 1. The van der Waals surface area contributed by atoms with Gasteiger partial charge in [0.25, 0.3) is 0 Å². The van der Waals surface area contributed by atoms with E-state index in [1.54, 1.807) is 6.92 Å². The Bertz CT molecular complexity index is 313. The van der Waals surface area contributed by atoms with Gasteiger partial charge in [-0.2, -0.15) is 0 Å². The summed E-state index contributed by atoms with van der Waals surface area (Å²) in [7, 11) is 0. The lowest BCUT2D eigenvalue weighted by Crippen LogP contribution is -2.06. The highest BCUT2D eigenvalue weighted by Crippen LogP contribution is 2.23. The summed E-state index contributed by atoms with van der Waals surface area (Å²) < 4.78 is 25.8. The quantitative estimate of drug-likeness (QED) is 0.801. The predicted molar refractivity (Wildman–Crippen MR) is 49.4 cm³/mol. The number of benzene rings is 1. The zero-order chi connectivity index (χ0) is 10.0. The van der Waals surface area contributed by atoms with E-state index in [1.165, 1.54) is 12.1 Å². The smallest absolute Gasteiger partial charge is 0.143 e. The van der Waals surface area contributed by atoms with E-state index in [0.29, 0.717) is 5.56 Å². The molecule has 1 N–H and O–H groups in total. The molecule has 1 unspecified atom stereocenters. The van der Waals surface area contributed by atoms with Crippen molar-refractivity contribution in [3.05, 3.63) is 33.8 Å². The minimum Gasteiger partial charge on any atom is -0.393 e. The Kier molecular flexibility index (Phi) is 3.39. The maximum absolute atomic E-state index is 13.2. The number of halogens is 3. The summed E-state index contributed by atoms with van der Waals surface area (Å²) in [5, 5.41) is 9.01. The van der Waals surface area contributed by atoms with E-state index >= 15 is 0 Å². The molecule has 1 nitrogen and oxygen atoms in total. The molecule has 1 aromatic carbocycles. The maximum atomic E-state index is 13.2. The van der Waals surface area contributed by atoms with Crippen LogP contribution in [0.1, 0.15) is 12.5 Å². The molecule has 0 saturated carbocycles. The maximum Gasteiger partial charge on any atom is 0.143 e. The molecule has 0 amide bonds. The van der Waals surface area contributed by atoms with Gasteiger partial charge in [0.15, 0.2) is 0 Å². The third kappa shape index (κ3) is 2.48. The summed E-state index contributed by atoms with van der Waals surface area (Å²) in [5.74, 6) is -1.27. The van der Waals surface area contributed by atoms with Gasteiger partial charge < -0.3 is 5.11 Å². The highest BCUT2D eigenvalue weighted by molar-refractivity contribution is 9.10. The SMILES string of the molecule is CC(O)Cc1ccc(F)c(Br)c1F. The minimum atomic E-state index is -0.638. The van der Waals surface area contributed by atoms with Gasteiger partial charge in [-0.25, -0.2) is 8.78 Å². The van der Waals surface area contributed by atoms with Crippen molar-refractivity contribution in [2.24, 2.45) is 0 Å². The lowest BCUT2D eigenvalue weighted by atomic mass is 10.1. The van der Waals surface area contributed by atoms with E-state index in [2.05, 4.69) is 15.9 Å². The van der Waals surface area contributed by atoms with E-state index in [4.69, 9.17) is 5.11 Å². The van der Waals surface area contributed by atoms with Crippen molar-refractivity contribution in [3.63, 3.8) is 0 Å². The highest BCUT2D eigenvalue weighted by Gasteiger charge is 2.12. The Morgan fingerprint density at radius 1 is 1.46 bits per heavy atom. The van der Waals surface area contributed by atoms with Crippen LogP contribution in [0.5, 0.6) is 0 Å². The number of aliphatic hydroxyl groups is 1.